The molecule has 4 heteroatoms. The van der Waals surface area contributed by atoms with E-state index in [1.165, 1.54) is 0 Å². The fourth-order valence-corrected chi connectivity index (χ4v) is 2.39. The average Bonchev–Trinajstić information content (AvgIpc) is 2.73. The van der Waals surface area contributed by atoms with Crippen LogP contribution in [0.3, 0.4) is 0 Å². The van der Waals surface area contributed by atoms with E-state index in [0.29, 0.717) is 12.5 Å². The molecule has 1 heterocycles. The highest BCUT2D eigenvalue weighted by Gasteiger charge is 2.16. The topological polar surface area (TPSA) is 53.1 Å². The van der Waals surface area contributed by atoms with Crippen molar-refractivity contribution >= 4 is 5.82 Å². The molecule has 0 aliphatic carbocycles. The van der Waals surface area contributed by atoms with Gasteiger partial charge in [0.1, 0.15) is 11.6 Å². The Morgan fingerprint density at radius 3 is 2.48 bits per heavy atom. The molecule has 0 unspecified atom stereocenters. The summed E-state index contributed by atoms with van der Waals surface area (Å²) in [5, 5.41) is 4.58. The lowest BCUT2D eigenvalue weighted by Gasteiger charge is -2.08. The van der Waals surface area contributed by atoms with E-state index in [1.807, 2.05) is 26.1 Å². The maximum Gasteiger partial charge on any atom is 0.129 e. The summed E-state index contributed by atoms with van der Waals surface area (Å²) in [7, 11) is 1.90. The van der Waals surface area contributed by atoms with E-state index < -0.39 is 0 Å². The van der Waals surface area contributed by atoms with Crippen LogP contribution in [0.4, 0.5) is 5.82 Å². The van der Waals surface area contributed by atoms with Gasteiger partial charge >= 0.3 is 0 Å². The first kappa shape index (κ1) is 15.4. The van der Waals surface area contributed by atoms with Gasteiger partial charge in [-0.3, -0.25) is 4.68 Å². The first-order valence-electron chi connectivity index (χ1n) is 7.57. The van der Waals surface area contributed by atoms with Crippen molar-refractivity contribution in [2.75, 3.05) is 12.3 Å². The number of aromatic nitrogens is 2. The van der Waals surface area contributed by atoms with Gasteiger partial charge in [-0.05, 0) is 43.4 Å². The molecule has 21 heavy (non-hydrogen) atoms. The minimum Gasteiger partial charge on any atom is -0.494 e. The second-order valence-corrected chi connectivity index (χ2v) is 5.72. The second kappa shape index (κ2) is 6.66. The van der Waals surface area contributed by atoms with Gasteiger partial charge in [-0.2, -0.15) is 5.10 Å². The number of rotatable bonds is 6. The Bertz CT molecular complexity index is 585. The number of nitrogens with two attached hydrogens (primary N) is 1. The molecule has 2 aromatic rings. The molecule has 0 spiro atoms. The van der Waals surface area contributed by atoms with Crippen LogP contribution in [0.1, 0.15) is 32.9 Å². The van der Waals surface area contributed by atoms with Crippen molar-refractivity contribution < 1.29 is 4.74 Å². The van der Waals surface area contributed by atoms with Gasteiger partial charge < -0.3 is 10.5 Å². The highest BCUT2D eigenvalue weighted by molar-refractivity contribution is 5.77. The minimum absolute atomic E-state index is 0.654. The fourth-order valence-electron chi connectivity index (χ4n) is 2.39. The zero-order valence-corrected chi connectivity index (χ0v) is 13.4. The Morgan fingerprint density at radius 1 is 1.24 bits per heavy atom. The van der Waals surface area contributed by atoms with Gasteiger partial charge in [0.2, 0.25) is 0 Å². The Labute approximate surface area is 126 Å². The summed E-state index contributed by atoms with van der Waals surface area (Å²) in [6.45, 7) is 7.11. The Morgan fingerprint density at radius 2 is 1.90 bits per heavy atom. The Hall–Kier alpha value is -1.97. The number of ether oxygens (including phenoxy) is 1. The molecule has 2 N–H and O–H groups in total. The summed E-state index contributed by atoms with van der Waals surface area (Å²) in [6.07, 6.45) is 2.06. The molecular weight excluding hydrogens is 262 g/mol. The van der Waals surface area contributed by atoms with Crippen LogP contribution < -0.4 is 10.5 Å². The third-order valence-corrected chi connectivity index (χ3v) is 3.58. The smallest absolute Gasteiger partial charge is 0.129 e. The van der Waals surface area contributed by atoms with Gasteiger partial charge in [0.15, 0.2) is 0 Å². The standard InChI is InChI=1S/C17H25N3O/c1-5-21-14-9-7-13(8-10-14)16-15(11-6-12(2)3)19-20(4)17(16)18/h7-10,12H,5-6,11,18H2,1-4H3. The number of benzene rings is 1. The summed E-state index contributed by atoms with van der Waals surface area (Å²) in [6, 6.07) is 8.07. The second-order valence-electron chi connectivity index (χ2n) is 5.72. The lowest BCUT2D eigenvalue weighted by atomic mass is 10.00. The van der Waals surface area contributed by atoms with Gasteiger partial charge in [-0.1, -0.05) is 26.0 Å². The summed E-state index contributed by atoms with van der Waals surface area (Å²) < 4.78 is 7.25. The molecule has 0 amide bonds. The van der Waals surface area contributed by atoms with E-state index in [9.17, 15) is 0 Å². The molecule has 0 bridgehead atoms. The number of anilines is 1. The van der Waals surface area contributed by atoms with Crippen molar-refractivity contribution in [3.8, 4) is 16.9 Å². The molecule has 4 nitrogen and oxygen atoms in total. The summed E-state index contributed by atoms with van der Waals surface area (Å²) in [5.74, 6) is 2.26. The molecule has 0 radical (unpaired) electrons. The van der Waals surface area contributed by atoms with Crippen LogP contribution in [0.5, 0.6) is 5.75 Å². The van der Waals surface area contributed by atoms with Gasteiger partial charge in [-0.15, -0.1) is 0 Å². The van der Waals surface area contributed by atoms with Crippen LogP contribution in [0.2, 0.25) is 0 Å². The zero-order valence-electron chi connectivity index (χ0n) is 13.4. The van der Waals surface area contributed by atoms with Gasteiger partial charge in [0.05, 0.1) is 12.3 Å². The molecule has 0 saturated carbocycles. The highest BCUT2D eigenvalue weighted by atomic mass is 16.5. The lowest BCUT2D eigenvalue weighted by molar-refractivity contribution is 0.340. The number of nitrogens with zero attached hydrogens (tertiary/aromatic N) is 2. The van der Waals surface area contributed by atoms with Crippen LogP contribution in [0.15, 0.2) is 24.3 Å². The first-order valence-corrected chi connectivity index (χ1v) is 7.57. The van der Waals surface area contributed by atoms with E-state index in [-0.39, 0.29) is 0 Å². The summed E-state index contributed by atoms with van der Waals surface area (Å²) in [5.41, 5.74) is 9.44. The molecule has 0 fully saturated rings. The zero-order chi connectivity index (χ0) is 15.4. The molecule has 0 aliphatic heterocycles. The maximum absolute atomic E-state index is 6.21. The Kier molecular flexibility index (Phi) is 4.89. The monoisotopic (exact) mass is 287 g/mol. The predicted molar refractivity (Wildman–Crippen MR) is 87.4 cm³/mol. The van der Waals surface area contributed by atoms with Crippen LogP contribution in [0, 0.1) is 5.92 Å². The maximum atomic E-state index is 6.21. The van der Waals surface area contributed by atoms with E-state index in [4.69, 9.17) is 10.5 Å². The number of hydrogen-bond acceptors (Lipinski definition) is 3. The SMILES string of the molecule is CCOc1ccc(-c2c(CCC(C)C)nn(C)c2N)cc1. The highest BCUT2D eigenvalue weighted by Crippen LogP contribution is 2.31. The van der Waals surface area contributed by atoms with Crippen LogP contribution in [-0.2, 0) is 13.5 Å². The van der Waals surface area contributed by atoms with Crippen molar-refractivity contribution in [2.24, 2.45) is 13.0 Å². The van der Waals surface area contributed by atoms with E-state index >= 15 is 0 Å². The molecule has 0 atom stereocenters. The predicted octanol–water partition coefficient (Wildman–Crippen LogP) is 3.66. The molecule has 0 saturated heterocycles. The van der Waals surface area contributed by atoms with Gasteiger partial charge in [0.25, 0.3) is 0 Å². The normalized spacial score (nSPS) is 11.1. The molecular formula is C17H25N3O. The van der Waals surface area contributed by atoms with Crippen LogP contribution >= 0.6 is 0 Å². The molecule has 114 valence electrons. The molecule has 2 rings (SSSR count). The van der Waals surface area contributed by atoms with E-state index in [0.717, 1.165) is 41.2 Å². The van der Waals surface area contributed by atoms with E-state index in [2.05, 4.69) is 31.1 Å². The van der Waals surface area contributed by atoms with Crippen LogP contribution in [-0.4, -0.2) is 16.4 Å². The minimum atomic E-state index is 0.654. The average molecular weight is 287 g/mol. The fraction of sp³-hybridized carbons (Fsp3) is 0.471. The van der Waals surface area contributed by atoms with Crippen LogP contribution in [0.25, 0.3) is 11.1 Å². The van der Waals surface area contributed by atoms with Crippen molar-refractivity contribution in [3.63, 3.8) is 0 Å². The molecule has 1 aromatic carbocycles. The third-order valence-electron chi connectivity index (χ3n) is 3.58. The lowest BCUT2D eigenvalue weighted by Crippen LogP contribution is -1.98. The molecule has 1 aromatic heterocycles. The molecule has 0 aliphatic rings. The van der Waals surface area contributed by atoms with Gasteiger partial charge in [-0.25, -0.2) is 0 Å². The summed E-state index contributed by atoms with van der Waals surface area (Å²) in [4.78, 5) is 0. The number of hydrogen-bond donors (Lipinski definition) is 1. The van der Waals surface area contributed by atoms with E-state index in [1.54, 1.807) is 4.68 Å². The summed E-state index contributed by atoms with van der Waals surface area (Å²) >= 11 is 0. The number of nitrogen functional groups attached to an aromatic ring is 1. The third kappa shape index (κ3) is 3.57. The Balaban J connectivity index is 2.32. The largest absolute Gasteiger partial charge is 0.494 e. The number of aryl methyl sites for hydroxylation is 2. The van der Waals surface area contributed by atoms with Crippen molar-refractivity contribution in [1.82, 2.24) is 9.78 Å². The first-order chi connectivity index (χ1) is 10.0. The van der Waals surface area contributed by atoms with Gasteiger partial charge in [0, 0.05) is 12.6 Å². The quantitative estimate of drug-likeness (QED) is 0.882. The van der Waals surface area contributed by atoms with Crippen molar-refractivity contribution in [3.05, 3.63) is 30.0 Å². The van der Waals surface area contributed by atoms with Crippen molar-refractivity contribution in [1.29, 1.82) is 0 Å². The van der Waals surface area contributed by atoms with Crippen molar-refractivity contribution in [2.45, 2.75) is 33.6 Å².